The standard InChI is InChI=1S/C13H14N2O2/c1-17-13(16)9-5-6-10-11(7-9)15-12(14-10)8-3-2-4-8/h5-8H,2-4H2,1H3,(H,14,15). The first-order valence-corrected chi connectivity index (χ1v) is 5.86. The van der Waals surface area contributed by atoms with E-state index in [0.717, 1.165) is 16.9 Å². The monoisotopic (exact) mass is 230 g/mol. The first-order chi connectivity index (χ1) is 8.28. The Hall–Kier alpha value is -1.84. The van der Waals surface area contributed by atoms with Gasteiger partial charge < -0.3 is 9.72 Å². The van der Waals surface area contributed by atoms with E-state index in [1.54, 1.807) is 12.1 Å². The third kappa shape index (κ3) is 1.69. The van der Waals surface area contributed by atoms with Crippen LogP contribution in [0.5, 0.6) is 0 Å². The fourth-order valence-corrected chi connectivity index (χ4v) is 2.15. The lowest BCUT2D eigenvalue weighted by Crippen LogP contribution is -2.10. The summed E-state index contributed by atoms with van der Waals surface area (Å²) in [5, 5.41) is 0. The van der Waals surface area contributed by atoms with Crippen LogP contribution in [0.2, 0.25) is 0 Å². The van der Waals surface area contributed by atoms with E-state index in [-0.39, 0.29) is 5.97 Å². The van der Waals surface area contributed by atoms with Crippen molar-refractivity contribution in [2.45, 2.75) is 25.2 Å². The fourth-order valence-electron chi connectivity index (χ4n) is 2.15. The summed E-state index contributed by atoms with van der Waals surface area (Å²) in [4.78, 5) is 19.3. The molecule has 4 nitrogen and oxygen atoms in total. The average Bonchev–Trinajstić information content (AvgIpc) is 2.67. The maximum Gasteiger partial charge on any atom is 0.337 e. The lowest BCUT2D eigenvalue weighted by atomic mass is 9.85. The van der Waals surface area contributed by atoms with Gasteiger partial charge >= 0.3 is 5.97 Å². The molecule has 17 heavy (non-hydrogen) atoms. The predicted molar refractivity (Wildman–Crippen MR) is 64.0 cm³/mol. The van der Waals surface area contributed by atoms with Crippen molar-refractivity contribution < 1.29 is 9.53 Å². The number of fused-ring (bicyclic) bond motifs is 1. The summed E-state index contributed by atoms with van der Waals surface area (Å²) in [7, 11) is 1.39. The van der Waals surface area contributed by atoms with Crippen LogP contribution in [-0.2, 0) is 4.74 Å². The second kappa shape index (κ2) is 3.87. The molecule has 1 aliphatic rings. The third-order valence-corrected chi connectivity index (χ3v) is 3.41. The van der Waals surface area contributed by atoms with E-state index in [1.807, 2.05) is 6.07 Å². The maximum absolute atomic E-state index is 11.4. The van der Waals surface area contributed by atoms with Gasteiger partial charge in [0.15, 0.2) is 0 Å². The highest BCUT2D eigenvalue weighted by atomic mass is 16.5. The number of esters is 1. The number of imidazole rings is 1. The maximum atomic E-state index is 11.4. The van der Waals surface area contributed by atoms with Gasteiger partial charge in [0.2, 0.25) is 0 Å². The number of hydrogen-bond donors (Lipinski definition) is 1. The number of hydrogen-bond acceptors (Lipinski definition) is 3. The molecule has 0 aliphatic heterocycles. The largest absolute Gasteiger partial charge is 0.465 e. The number of nitrogens with one attached hydrogen (secondary N) is 1. The highest BCUT2D eigenvalue weighted by molar-refractivity contribution is 5.93. The van der Waals surface area contributed by atoms with E-state index in [1.165, 1.54) is 26.4 Å². The van der Waals surface area contributed by atoms with E-state index < -0.39 is 0 Å². The minimum atomic E-state index is -0.313. The molecular formula is C13H14N2O2. The molecule has 1 aromatic carbocycles. The smallest absolute Gasteiger partial charge is 0.337 e. The topological polar surface area (TPSA) is 55.0 Å². The number of nitrogens with zero attached hydrogens (tertiary/aromatic N) is 1. The third-order valence-electron chi connectivity index (χ3n) is 3.41. The van der Waals surface area contributed by atoms with Gasteiger partial charge in [0.1, 0.15) is 5.82 Å². The molecule has 1 aromatic heterocycles. The SMILES string of the molecule is COC(=O)c1ccc2nc(C3CCC3)[nH]c2c1. The van der Waals surface area contributed by atoms with Crippen molar-refractivity contribution in [3.8, 4) is 0 Å². The molecule has 0 atom stereocenters. The number of aromatic nitrogens is 2. The Morgan fingerprint density at radius 3 is 2.94 bits per heavy atom. The Bertz CT molecular complexity index is 570. The molecule has 1 heterocycles. The highest BCUT2D eigenvalue weighted by Gasteiger charge is 2.22. The quantitative estimate of drug-likeness (QED) is 0.807. The molecule has 0 radical (unpaired) electrons. The van der Waals surface area contributed by atoms with Gasteiger partial charge in [-0.15, -0.1) is 0 Å². The molecule has 0 bridgehead atoms. The van der Waals surface area contributed by atoms with Crippen LogP contribution in [0.25, 0.3) is 11.0 Å². The van der Waals surface area contributed by atoms with Gasteiger partial charge in [-0.2, -0.15) is 0 Å². The molecule has 0 spiro atoms. The molecule has 2 aromatic rings. The van der Waals surface area contributed by atoms with Crippen LogP contribution in [0.4, 0.5) is 0 Å². The molecule has 0 saturated heterocycles. The van der Waals surface area contributed by atoms with Gasteiger partial charge in [0.25, 0.3) is 0 Å². The first kappa shape index (κ1) is 10.3. The fraction of sp³-hybridized carbons (Fsp3) is 0.385. The van der Waals surface area contributed by atoms with Crippen molar-refractivity contribution in [1.29, 1.82) is 0 Å². The summed E-state index contributed by atoms with van der Waals surface area (Å²) >= 11 is 0. The Balaban J connectivity index is 2.00. The lowest BCUT2D eigenvalue weighted by molar-refractivity contribution is 0.0601. The predicted octanol–water partition coefficient (Wildman–Crippen LogP) is 2.62. The number of carbonyl (C=O) groups is 1. The number of carbonyl (C=O) groups excluding carboxylic acids is 1. The molecule has 1 N–H and O–H groups in total. The van der Waals surface area contributed by atoms with Crippen LogP contribution < -0.4 is 0 Å². The Kier molecular flexibility index (Phi) is 2.35. The number of methoxy groups -OCH3 is 1. The lowest BCUT2D eigenvalue weighted by Gasteiger charge is -2.22. The van der Waals surface area contributed by atoms with Crippen LogP contribution in [0.1, 0.15) is 41.4 Å². The van der Waals surface area contributed by atoms with Gasteiger partial charge in [0, 0.05) is 5.92 Å². The van der Waals surface area contributed by atoms with Gasteiger partial charge in [-0.05, 0) is 31.0 Å². The van der Waals surface area contributed by atoms with Crippen LogP contribution in [0.15, 0.2) is 18.2 Å². The van der Waals surface area contributed by atoms with E-state index in [0.29, 0.717) is 11.5 Å². The second-order valence-electron chi connectivity index (χ2n) is 4.47. The Morgan fingerprint density at radius 2 is 2.29 bits per heavy atom. The zero-order chi connectivity index (χ0) is 11.8. The van der Waals surface area contributed by atoms with E-state index in [2.05, 4.69) is 9.97 Å². The average molecular weight is 230 g/mol. The van der Waals surface area contributed by atoms with Crippen molar-refractivity contribution in [2.24, 2.45) is 0 Å². The molecule has 1 saturated carbocycles. The molecule has 4 heteroatoms. The number of ether oxygens (including phenoxy) is 1. The van der Waals surface area contributed by atoms with Crippen molar-refractivity contribution >= 4 is 17.0 Å². The molecule has 88 valence electrons. The van der Waals surface area contributed by atoms with Crippen LogP contribution in [0, 0.1) is 0 Å². The molecule has 1 fully saturated rings. The van der Waals surface area contributed by atoms with Crippen molar-refractivity contribution in [3.05, 3.63) is 29.6 Å². The van der Waals surface area contributed by atoms with Gasteiger partial charge in [-0.25, -0.2) is 9.78 Å². The highest BCUT2D eigenvalue weighted by Crippen LogP contribution is 2.35. The minimum absolute atomic E-state index is 0.313. The number of H-pyrrole nitrogens is 1. The number of rotatable bonds is 2. The van der Waals surface area contributed by atoms with E-state index in [4.69, 9.17) is 4.74 Å². The normalized spacial score (nSPS) is 15.8. The molecule has 0 amide bonds. The molecular weight excluding hydrogens is 216 g/mol. The molecule has 1 aliphatic carbocycles. The summed E-state index contributed by atoms with van der Waals surface area (Å²) in [5.41, 5.74) is 2.39. The Morgan fingerprint density at radius 1 is 1.47 bits per heavy atom. The minimum Gasteiger partial charge on any atom is -0.465 e. The van der Waals surface area contributed by atoms with Crippen molar-refractivity contribution in [2.75, 3.05) is 7.11 Å². The second-order valence-corrected chi connectivity index (χ2v) is 4.47. The zero-order valence-electron chi connectivity index (χ0n) is 9.69. The zero-order valence-corrected chi connectivity index (χ0v) is 9.69. The molecule has 3 rings (SSSR count). The van der Waals surface area contributed by atoms with Crippen LogP contribution in [-0.4, -0.2) is 23.0 Å². The van der Waals surface area contributed by atoms with E-state index in [9.17, 15) is 4.79 Å². The van der Waals surface area contributed by atoms with Crippen molar-refractivity contribution in [3.63, 3.8) is 0 Å². The summed E-state index contributed by atoms with van der Waals surface area (Å²) in [6.45, 7) is 0. The summed E-state index contributed by atoms with van der Waals surface area (Å²) in [6.07, 6.45) is 3.71. The van der Waals surface area contributed by atoms with Gasteiger partial charge in [-0.1, -0.05) is 6.42 Å². The number of benzene rings is 1. The summed E-state index contributed by atoms with van der Waals surface area (Å²) in [5.74, 6) is 1.31. The summed E-state index contributed by atoms with van der Waals surface area (Å²) < 4.78 is 4.70. The van der Waals surface area contributed by atoms with Crippen molar-refractivity contribution in [1.82, 2.24) is 9.97 Å². The van der Waals surface area contributed by atoms with Gasteiger partial charge in [-0.3, -0.25) is 0 Å². The number of aromatic amines is 1. The van der Waals surface area contributed by atoms with Crippen LogP contribution >= 0.6 is 0 Å². The summed E-state index contributed by atoms with van der Waals surface area (Å²) in [6, 6.07) is 5.41. The first-order valence-electron chi connectivity index (χ1n) is 5.86. The Labute approximate surface area is 99.0 Å². The van der Waals surface area contributed by atoms with E-state index >= 15 is 0 Å². The van der Waals surface area contributed by atoms with Gasteiger partial charge in [0.05, 0.1) is 23.7 Å². The van der Waals surface area contributed by atoms with Crippen LogP contribution in [0.3, 0.4) is 0 Å². The molecule has 0 unspecified atom stereocenters.